The number of nitrogens with one attached hydrogen (secondary N) is 1. The molecule has 1 aliphatic heterocycles. The summed E-state index contributed by atoms with van der Waals surface area (Å²) in [5.41, 5.74) is 1.24. The van der Waals surface area contributed by atoms with E-state index in [0.29, 0.717) is 6.54 Å². The van der Waals surface area contributed by atoms with E-state index in [2.05, 4.69) is 17.4 Å². The maximum absolute atomic E-state index is 11.8. The number of methoxy groups -OCH3 is 1. The lowest BCUT2D eigenvalue weighted by Gasteiger charge is -2.20. The Hall–Kier alpha value is -1.55. The van der Waals surface area contributed by atoms with Crippen LogP contribution in [0.4, 0.5) is 0 Å². The number of carbonyl (C=O) groups is 1. The van der Waals surface area contributed by atoms with Crippen LogP contribution in [-0.4, -0.2) is 44.1 Å². The second-order valence-electron chi connectivity index (χ2n) is 4.51. The van der Waals surface area contributed by atoms with E-state index < -0.39 is 0 Å². The molecule has 1 aromatic rings. The minimum Gasteiger partial charge on any atom is -0.497 e. The molecule has 0 spiro atoms. The zero-order valence-corrected chi connectivity index (χ0v) is 10.8. The normalized spacial score (nSPS) is 16.5. The molecule has 0 radical (unpaired) electrons. The third-order valence-corrected chi connectivity index (χ3v) is 3.24. The van der Waals surface area contributed by atoms with E-state index >= 15 is 0 Å². The molecule has 2 rings (SSSR count). The Kier molecular flexibility index (Phi) is 4.59. The smallest absolute Gasteiger partial charge is 0.236 e. The molecule has 0 aromatic heterocycles. The van der Waals surface area contributed by atoms with Crippen LogP contribution in [0.25, 0.3) is 0 Å². The molecule has 1 amide bonds. The van der Waals surface area contributed by atoms with Gasteiger partial charge in [0, 0.05) is 13.1 Å². The molecule has 0 aliphatic carbocycles. The van der Waals surface area contributed by atoms with Gasteiger partial charge in [0.15, 0.2) is 0 Å². The van der Waals surface area contributed by atoms with E-state index in [0.717, 1.165) is 38.2 Å². The number of hydrogen-bond acceptors (Lipinski definition) is 3. The van der Waals surface area contributed by atoms with Gasteiger partial charge in [-0.25, -0.2) is 0 Å². The van der Waals surface area contributed by atoms with Crippen molar-refractivity contribution in [1.29, 1.82) is 0 Å². The third kappa shape index (κ3) is 3.47. The average molecular weight is 248 g/mol. The van der Waals surface area contributed by atoms with Crippen molar-refractivity contribution in [2.75, 3.05) is 33.3 Å². The van der Waals surface area contributed by atoms with E-state index in [9.17, 15) is 4.79 Å². The summed E-state index contributed by atoms with van der Waals surface area (Å²) in [6.07, 6.45) is 1.93. The van der Waals surface area contributed by atoms with Crippen molar-refractivity contribution >= 4 is 5.91 Å². The zero-order valence-electron chi connectivity index (χ0n) is 10.8. The first-order chi connectivity index (χ1) is 8.79. The first kappa shape index (κ1) is 12.9. The van der Waals surface area contributed by atoms with Crippen LogP contribution in [0.5, 0.6) is 5.75 Å². The van der Waals surface area contributed by atoms with Crippen molar-refractivity contribution in [2.45, 2.75) is 12.8 Å². The lowest BCUT2D eigenvalue weighted by atomic mass is 10.1. The highest BCUT2D eigenvalue weighted by atomic mass is 16.5. The van der Waals surface area contributed by atoms with Crippen LogP contribution in [0.3, 0.4) is 0 Å². The van der Waals surface area contributed by atoms with Crippen LogP contribution in [0, 0.1) is 0 Å². The van der Waals surface area contributed by atoms with Gasteiger partial charge in [-0.15, -0.1) is 0 Å². The molecular formula is C14H20N2O2. The molecule has 4 nitrogen and oxygen atoms in total. The molecule has 0 unspecified atom stereocenters. The van der Waals surface area contributed by atoms with Crippen molar-refractivity contribution in [1.82, 2.24) is 10.2 Å². The molecule has 0 bridgehead atoms. The van der Waals surface area contributed by atoms with Gasteiger partial charge in [-0.2, -0.15) is 0 Å². The van der Waals surface area contributed by atoms with E-state index in [1.807, 2.05) is 17.0 Å². The van der Waals surface area contributed by atoms with Crippen molar-refractivity contribution in [2.24, 2.45) is 0 Å². The Morgan fingerprint density at radius 3 is 2.83 bits per heavy atom. The summed E-state index contributed by atoms with van der Waals surface area (Å²) < 4.78 is 5.12. The predicted molar refractivity (Wildman–Crippen MR) is 70.8 cm³/mol. The Morgan fingerprint density at radius 2 is 2.11 bits per heavy atom. The summed E-state index contributed by atoms with van der Waals surface area (Å²) in [7, 11) is 1.66. The van der Waals surface area contributed by atoms with Gasteiger partial charge in [0.25, 0.3) is 0 Å². The van der Waals surface area contributed by atoms with Crippen molar-refractivity contribution < 1.29 is 9.53 Å². The topological polar surface area (TPSA) is 41.6 Å². The number of nitrogens with zero attached hydrogens (tertiary/aromatic N) is 1. The molecular weight excluding hydrogens is 228 g/mol. The van der Waals surface area contributed by atoms with Crippen LogP contribution in [0.2, 0.25) is 0 Å². The average Bonchev–Trinajstić information content (AvgIpc) is 2.62. The Bertz CT molecular complexity index is 389. The van der Waals surface area contributed by atoms with Gasteiger partial charge in [0.2, 0.25) is 5.91 Å². The molecule has 1 N–H and O–H groups in total. The molecule has 4 heteroatoms. The fraction of sp³-hybridized carbons (Fsp3) is 0.500. The fourth-order valence-electron chi connectivity index (χ4n) is 2.12. The second kappa shape index (κ2) is 6.40. The van der Waals surface area contributed by atoms with Crippen LogP contribution >= 0.6 is 0 Å². The maximum atomic E-state index is 11.8. The summed E-state index contributed by atoms with van der Waals surface area (Å²) >= 11 is 0. The molecule has 0 saturated carbocycles. The van der Waals surface area contributed by atoms with E-state index in [1.165, 1.54) is 5.56 Å². The summed E-state index contributed by atoms with van der Waals surface area (Å²) in [6, 6.07) is 8.03. The lowest BCUT2D eigenvalue weighted by Crippen LogP contribution is -2.36. The molecule has 1 aromatic carbocycles. The summed E-state index contributed by atoms with van der Waals surface area (Å²) in [4.78, 5) is 13.7. The van der Waals surface area contributed by atoms with Gasteiger partial charge < -0.3 is 15.0 Å². The van der Waals surface area contributed by atoms with E-state index in [4.69, 9.17) is 4.74 Å². The first-order valence-corrected chi connectivity index (χ1v) is 6.41. The molecule has 1 fully saturated rings. The highest BCUT2D eigenvalue weighted by Gasteiger charge is 2.15. The zero-order chi connectivity index (χ0) is 12.8. The largest absolute Gasteiger partial charge is 0.497 e. The molecule has 0 atom stereocenters. The van der Waals surface area contributed by atoms with Gasteiger partial charge in [-0.3, -0.25) is 4.79 Å². The number of carbonyl (C=O) groups excluding carboxylic acids is 1. The number of rotatable bonds is 4. The second-order valence-corrected chi connectivity index (χ2v) is 4.51. The van der Waals surface area contributed by atoms with E-state index in [1.54, 1.807) is 7.11 Å². The molecule has 1 aliphatic rings. The monoisotopic (exact) mass is 248 g/mol. The predicted octanol–water partition coefficient (Wildman–Crippen LogP) is 1.06. The number of benzene rings is 1. The van der Waals surface area contributed by atoms with Gasteiger partial charge >= 0.3 is 0 Å². The Labute approximate surface area is 108 Å². The summed E-state index contributed by atoms with van der Waals surface area (Å²) in [6.45, 7) is 3.07. The Balaban J connectivity index is 1.87. The molecule has 18 heavy (non-hydrogen) atoms. The number of hydrogen-bond donors (Lipinski definition) is 1. The minimum absolute atomic E-state index is 0.209. The number of amides is 1. The van der Waals surface area contributed by atoms with Gasteiger partial charge in [0.05, 0.1) is 13.7 Å². The van der Waals surface area contributed by atoms with Gasteiger partial charge in [-0.1, -0.05) is 12.1 Å². The number of ether oxygens (including phenoxy) is 1. The quantitative estimate of drug-likeness (QED) is 0.866. The molecule has 1 heterocycles. The first-order valence-electron chi connectivity index (χ1n) is 6.41. The summed E-state index contributed by atoms with van der Waals surface area (Å²) in [5, 5.41) is 3.13. The highest BCUT2D eigenvalue weighted by Crippen LogP contribution is 2.12. The SMILES string of the molecule is COc1ccc(CCN2CCCNCC2=O)cc1. The van der Waals surface area contributed by atoms with Gasteiger partial charge in [-0.05, 0) is 37.1 Å². The minimum atomic E-state index is 0.209. The van der Waals surface area contributed by atoms with Crippen molar-refractivity contribution in [3.63, 3.8) is 0 Å². The Morgan fingerprint density at radius 1 is 1.33 bits per heavy atom. The summed E-state index contributed by atoms with van der Waals surface area (Å²) in [5.74, 6) is 1.08. The van der Waals surface area contributed by atoms with Crippen LogP contribution in [0.1, 0.15) is 12.0 Å². The van der Waals surface area contributed by atoms with Gasteiger partial charge in [0.1, 0.15) is 5.75 Å². The third-order valence-electron chi connectivity index (χ3n) is 3.24. The van der Waals surface area contributed by atoms with Crippen LogP contribution < -0.4 is 10.1 Å². The molecule has 98 valence electrons. The van der Waals surface area contributed by atoms with E-state index in [-0.39, 0.29) is 5.91 Å². The highest BCUT2D eigenvalue weighted by molar-refractivity contribution is 5.78. The lowest BCUT2D eigenvalue weighted by molar-refractivity contribution is -0.129. The van der Waals surface area contributed by atoms with Crippen LogP contribution in [0.15, 0.2) is 24.3 Å². The molecule has 1 saturated heterocycles. The van der Waals surface area contributed by atoms with Crippen LogP contribution in [-0.2, 0) is 11.2 Å². The standard InChI is InChI=1S/C14H20N2O2/c1-18-13-5-3-12(4-6-13)7-10-16-9-2-8-15-11-14(16)17/h3-6,15H,2,7-11H2,1H3. The van der Waals surface area contributed by atoms with Crippen molar-refractivity contribution in [3.05, 3.63) is 29.8 Å². The maximum Gasteiger partial charge on any atom is 0.236 e. The fourth-order valence-corrected chi connectivity index (χ4v) is 2.12. The van der Waals surface area contributed by atoms with Crippen molar-refractivity contribution in [3.8, 4) is 5.75 Å².